The summed E-state index contributed by atoms with van der Waals surface area (Å²) in [4.78, 5) is 0. The Morgan fingerprint density at radius 1 is 0.941 bits per heavy atom. The highest BCUT2D eigenvalue weighted by molar-refractivity contribution is 5.17. The highest BCUT2D eigenvalue weighted by atomic mass is 79.9. The van der Waals surface area contributed by atoms with Crippen LogP contribution in [0.25, 0.3) is 0 Å². The molecule has 0 N–H and O–H groups in total. The van der Waals surface area contributed by atoms with Crippen LogP contribution in [0.3, 0.4) is 0 Å². The summed E-state index contributed by atoms with van der Waals surface area (Å²) in [7, 11) is 0. The first-order valence-corrected chi connectivity index (χ1v) is 5.76. The van der Waals surface area contributed by atoms with Gasteiger partial charge in [-0.1, -0.05) is 30.3 Å². The lowest BCUT2D eigenvalue weighted by Gasteiger charge is -2.01. The fraction of sp³-hybridized carbons (Fsp3) is 0.267. The average Bonchev–Trinajstić information content (AvgIpc) is 2.32. The van der Waals surface area contributed by atoms with Crippen molar-refractivity contribution in [3.8, 4) is 0 Å². The van der Waals surface area contributed by atoms with Crippen LogP contribution in [0, 0.1) is 13.8 Å². The van der Waals surface area contributed by atoms with Crippen molar-refractivity contribution >= 4 is 0 Å². The fourth-order valence-electron chi connectivity index (χ4n) is 1.77. The van der Waals surface area contributed by atoms with E-state index in [0.717, 1.165) is 13.0 Å². The summed E-state index contributed by atoms with van der Waals surface area (Å²) in [5, 5.41) is 0. The number of aromatic nitrogens is 1. The lowest BCUT2D eigenvalue weighted by Crippen LogP contribution is -3.00. The van der Waals surface area contributed by atoms with Gasteiger partial charge in [-0.25, -0.2) is 4.57 Å². The molecule has 0 spiro atoms. The lowest BCUT2D eigenvalue weighted by molar-refractivity contribution is -0.696. The van der Waals surface area contributed by atoms with Crippen LogP contribution in [-0.2, 0) is 13.0 Å². The third kappa shape index (κ3) is 3.97. The van der Waals surface area contributed by atoms with Gasteiger partial charge in [-0.15, -0.1) is 0 Å². The van der Waals surface area contributed by atoms with Crippen molar-refractivity contribution < 1.29 is 21.5 Å². The molecule has 17 heavy (non-hydrogen) atoms. The molecular formula is C15H18BrN. The number of hydrogen-bond donors (Lipinski definition) is 0. The molecule has 90 valence electrons. The number of pyridine rings is 1. The zero-order valence-corrected chi connectivity index (χ0v) is 11.9. The van der Waals surface area contributed by atoms with Gasteiger partial charge in [0, 0.05) is 18.1 Å². The second-order valence-corrected chi connectivity index (χ2v) is 4.28. The fourth-order valence-corrected chi connectivity index (χ4v) is 1.77. The molecule has 0 saturated heterocycles. The van der Waals surface area contributed by atoms with Crippen LogP contribution in [0.4, 0.5) is 0 Å². The number of aryl methyl sites for hydroxylation is 4. The maximum atomic E-state index is 2.26. The van der Waals surface area contributed by atoms with Crippen molar-refractivity contribution in [1.29, 1.82) is 0 Å². The zero-order chi connectivity index (χ0) is 11.4. The molecule has 0 saturated carbocycles. The molecule has 1 aromatic carbocycles. The molecule has 1 nitrogen and oxygen atoms in total. The van der Waals surface area contributed by atoms with Crippen molar-refractivity contribution in [2.75, 3.05) is 0 Å². The van der Waals surface area contributed by atoms with Gasteiger partial charge in [0.25, 0.3) is 0 Å². The Hall–Kier alpha value is -1.15. The Morgan fingerprint density at radius 3 is 2.29 bits per heavy atom. The molecule has 0 aliphatic carbocycles. The molecule has 2 heteroatoms. The van der Waals surface area contributed by atoms with Gasteiger partial charge in [-0.3, -0.25) is 0 Å². The highest BCUT2D eigenvalue weighted by Crippen LogP contribution is 2.02. The normalized spacial score (nSPS) is 9.76. The van der Waals surface area contributed by atoms with E-state index in [-0.39, 0.29) is 17.0 Å². The van der Waals surface area contributed by atoms with Gasteiger partial charge >= 0.3 is 0 Å². The molecule has 0 fully saturated rings. The lowest BCUT2D eigenvalue weighted by atomic mass is 10.1. The quantitative estimate of drug-likeness (QED) is 0.692. The maximum absolute atomic E-state index is 2.26. The first-order valence-electron chi connectivity index (χ1n) is 5.76. The molecule has 0 amide bonds. The van der Waals surface area contributed by atoms with Gasteiger partial charge in [0.1, 0.15) is 0 Å². The molecular weight excluding hydrogens is 274 g/mol. The van der Waals surface area contributed by atoms with Gasteiger partial charge in [-0.05, 0) is 25.0 Å². The van der Waals surface area contributed by atoms with E-state index < -0.39 is 0 Å². The summed E-state index contributed by atoms with van der Waals surface area (Å²) < 4.78 is 2.26. The van der Waals surface area contributed by atoms with Crippen molar-refractivity contribution in [1.82, 2.24) is 0 Å². The van der Waals surface area contributed by atoms with Crippen LogP contribution in [0.1, 0.15) is 16.7 Å². The van der Waals surface area contributed by atoms with Crippen LogP contribution in [0.5, 0.6) is 0 Å². The molecule has 2 rings (SSSR count). The molecule has 0 unspecified atom stereocenters. The number of halogens is 1. The number of nitrogens with zero attached hydrogens (tertiary/aromatic N) is 1. The predicted molar refractivity (Wildman–Crippen MR) is 66.3 cm³/mol. The summed E-state index contributed by atoms with van der Waals surface area (Å²) >= 11 is 0. The summed E-state index contributed by atoms with van der Waals surface area (Å²) in [6.07, 6.45) is 5.47. The topological polar surface area (TPSA) is 3.88 Å². The van der Waals surface area contributed by atoms with Crippen LogP contribution in [-0.4, -0.2) is 0 Å². The average molecular weight is 292 g/mol. The summed E-state index contributed by atoms with van der Waals surface area (Å²) in [5.41, 5.74) is 4.11. The van der Waals surface area contributed by atoms with Gasteiger partial charge in [0.15, 0.2) is 18.9 Å². The van der Waals surface area contributed by atoms with E-state index in [2.05, 4.69) is 67.2 Å². The van der Waals surface area contributed by atoms with Crippen LogP contribution < -0.4 is 21.5 Å². The molecule has 0 radical (unpaired) electrons. The van der Waals surface area contributed by atoms with Crippen molar-refractivity contribution in [2.45, 2.75) is 26.8 Å². The number of benzene rings is 1. The Balaban J connectivity index is 0.00000144. The first kappa shape index (κ1) is 13.9. The van der Waals surface area contributed by atoms with Gasteiger partial charge in [-0.2, -0.15) is 0 Å². The molecule has 0 aliphatic heterocycles. The van der Waals surface area contributed by atoms with Gasteiger partial charge < -0.3 is 17.0 Å². The van der Waals surface area contributed by atoms with Gasteiger partial charge in [0.05, 0.1) is 0 Å². The predicted octanol–water partition coefficient (Wildman–Crippen LogP) is -0.162. The van der Waals surface area contributed by atoms with E-state index in [0.29, 0.717) is 0 Å². The van der Waals surface area contributed by atoms with E-state index in [1.807, 2.05) is 0 Å². The Bertz CT molecular complexity index is 466. The van der Waals surface area contributed by atoms with Crippen molar-refractivity contribution in [2.24, 2.45) is 0 Å². The summed E-state index contributed by atoms with van der Waals surface area (Å²) in [6.45, 7) is 5.36. The van der Waals surface area contributed by atoms with Crippen molar-refractivity contribution in [3.63, 3.8) is 0 Å². The number of rotatable bonds is 3. The SMILES string of the molecule is Cc1cc[n+](CCc2ccccc2)cc1C.[Br-]. The van der Waals surface area contributed by atoms with E-state index in [4.69, 9.17) is 0 Å². The maximum Gasteiger partial charge on any atom is 0.171 e. The van der Waals surface area contributed by atoms with E-state index in [1.54, 1.807) is 0 Å². The molecule has 0 atom stereocenters. The minimum atomic E-state index is 0. The smallest absolute Gasteiger partial charge is 0.171 e. The highest BCUT2D eigenvalue weighted by Gasteiger charge is 2.03. The summed E-state index contributed by atoms with van der Waals surface area (Å²) in [5.74, 6) is 0. The van der Waals surface area contributed by atoms with Crippen molar-refractivity contribution in [3.05, 3.63) is 65.5 Å². The van der Waals surface area contributed by atoms with Crippen LogP contribution in [0.2, 0.25) is 0 Å². The Kier molecular flexibility index (Phi) is 5.36. The minimum Gasteiger partial charge on any atom is -1.00 e. The molecule has 1 heterocycles. The van der Waals surface area contributed by atoms with E-state index in [1.165, 1.54) is 16.7 Å². The second-order valence-electron chi connectivity index (χ2n) is 4.28. The summed E-state index contributed by atoms with van der Waals surface area (Å²) in [6, 6.07) is 12.8. The van der Waals surface area contributed by atoms with Crippen LogP contribution >= 0.6 is 0 Å². The van der Waals surface area contributed by atoms with E-state index in [9.17, 15) is 0 Å². The molecule has 1 aromatic heterocycles. The molecule has 0 bridgehead atoms. The Morgan fingerprint density at radius 2 is 1.65 bits per heavy atom. The number of hydrogen-bond acceptors (Lipinski definition) is 0. The molecule has 2 aromatic rings. The standard InChI is InChI=1S/C15H18N.BrH/c1-13-8-10-16(12-14(13)2)11-9-15-6-4-3-5-7-15;/h3-8,10,12H,9,11H2,1-2H3;1H/q+1;/p-1. The minimum absolute atomic E-state index is 0. The third-order valence-electron chi connectivity index (χ3n) is 3.00. The van der Waals surface area contributed by atoms with Gasteiger partial charge in [0.2, 0.25) is 0 Å². The zero-order valence-electron chi connectivity index (χ0n) is 10.4. The van der Waals surface area contributed by atoms with Crippen LogP contribution in [0.15, 0.2) is 48.8 Å². The van der Waals surface area contributed by atoms with E-state index >= 15 is 0 Å². The monoisotopic (exact) mass is 291 g/mol. The first-order chi connectivity index (χ1) is 7.75. The Labute approximate surface area is 114 Å². The molecule has 0 aliphatic rings. The largest absolute Gasteiger partial charge is 1.00 e. The third-order valence-corrected chi connectivity index (χ3v) is 3.00. The second kappa shape index (κ2) is 6.55.